The van der Waals surface area contributed by atoms with Gasteiger partial charge in [-0.1, -0.05) is 13.8 Å². The molecule has 0 aliphatic carbocycles. The van der Waals surface area contributed by atoms with Crippen LogP contribution in [0.25, 0.3) is 10.9 Å². The summed E-state index contributed by atoms with van der Waals surface area (Å²) in [5.41, 5.74) is 3.68. The molecule has 0 spiro atoms. The van der Waals surface area contributed by atoms with E-state index >= 15 is 0 Å². The van der Waals surface area contributed by atoms with E-state index in [1.54, 1.807) is 12.1 Å². The lowest BCUT2D eigenvalue weighted by molar-refractivity contribution is 0.0697. The zero-order valence-electron chi connectivity index (χ0n) is 12.0. The molecule has 1 aromatic carbocycles. The van der Waals surface area contributed by atoms with Crippen molar-refractivity contribution in [1.82, 2.24) is 4.57 Å². The first-order valence-corrected chi connectivity index (χ1v) is 7.11. The van der Waals surface area contributed by atoms with Gasteiger partial charge in [-0.05, 0) is 42.5 Å². The number of hydrogen-bond donors (Lipinski definition) is 2. The number of nitrogens with zero attached hydrogens (tertiary/aromatic N) is 1. The number of rotatable bonds is 6. The number of carboxylic acid groups (broad SMARTS) is 1. The molecule has 0 aliphatic rings. The van der Waals surface area contributed by atoms with E-state index < -0.39 is 5.97 Å². The van der Waals surface area contributed by atoms with E-state index in [4.69, 9.17) is 5.11 Å². The van der Waals surface area contributed by atoms with Crippen molar-refractivity contribution in [2.75, 3.05) is 6.61 Å². The summed E-state index contributed by atoms with van der Waals surface area (Å²) in [7, 11) is 0. The Hall–Kier alpha value is -1.81. The Balaban J connectivity index is 2.68. The Bertz CT molecular complexity index is 628. The van der Waals surface area contributed by atoms with Gasteiger partial charge in [-0.25, -0.2) is 4.79 Å². The molecule has 0 unspecified atom stereocenters. The molecule has 0 bridgehead atoms. The van der Waals surface area contributed by atoms with E-state index in [9.17, 15) is 9.90 Å². The second kappa shape index (κ2) is 6.09. The van der Waals surface area contributed by atoms with Crippen molar-refractivity contribution in [2.45, 2.75) is 39.7 Å². The van der Waals surface area contributed by atoms with E-state index in [1.807, 2.05) is 6.92 Å². The van der Waals surface area contributed by atoms with Crippen molar-refractivity contribution in [3.05, 3.63) is 35.0 Å². The smallest absolute Gasteiger partial charge is 0.335 e. The number of aliphatic hydroxyl groups is 1. The van der Waals surface area contributed by atoms with Crippen LogP contribution in [0.4, 0.5) is 0 Å². The fourth-order valence-corrected chi connectivity index (χ4v) is 2.69. The summed E-state index contributed by atoms with van der Waals surface area (Å²) in [6.07, 6.45) is 4.46. The van der Waals surface area contributed by atoms with E-state index in [-0.39, 0.29) is 6.61 Å². The highest BCUT2D eigenvalue weighted by Crippen LogP contribution is 2.28. The number of hydrogen-bond acceptors (Lipinski definition) is 2. The van der Waals surface area contributed by atoms with Crippen LogP contribution in [0.3, 0.4) is 0 Å². The summed E-state index contributed by atoms with van der Waals surface area (Å²) >= 11 is 0. The van der Waals surface area contributed by atoms with E-state index in [2.05, 4.69) is 17.7 Å². The molecule has 1 heterocycles. The molecule has 0 atom stereocenters. The molecule has 0 amide bonds. The van der Waals surface area contributed by atoms with Gasteiger partial charge in [0, 0.05) is 24.7 Å². The third-order valence-electron chi connectivity index (χ3n) is 3.70. The molecule has 0 radical (unpaired) electrons. The number of benzene rings is 1. The molecule has 2 aromatic rings. The van der Waals surface area contributed by atoms with Gasteiger partial charge in [-0.3, -0.25) is 0 Å². The first-order valence-electron chi connectivity index (χ1n) is 7.11. The zero-order valence-corrected chi connectivity index (χ0v) is 12.0. The maximum atomic E-state index is 11.3. The van der Waals surface area contributed by atoms with Crippen molar-refractivity contribution in [3.63, 3.8) is 0 Å². The predicted molar refractivity (Wildman–Crippen MR) is 79.4 cm³/mol. The highest BCUT2D eigenvalue weighted by Gasteiger charge is 2.14. The highest BCUT2D eigenvalue weighted by molar-refractivity contribution is 5.96. The lowest BCUT2D eigenvalue weighted by Gasteiger charge is -2.09. The van der Waals surface area contributed by atoms with Crippen LogP contribution in [0.1, 0.15) is 41.8 Å². The van der Waals surface area contributed by atoms with Gasteiger partial charge in [0.2, 0.25) is 0 Å². The van der Waals surface area contributed by atoms with Crippen LogP contribution < -0.4 is 0 Å². The number of aromatic carboxylic acids is 1. The molecule has 4 heteroatoms. The molecular weight excluding hydrogens is 254 g/mol. The number of carboxylic acids is 1. The third kappa shape index (κ3) is 2.56. The topological polar surface area (TPSA) is 62.5 Å². The van der Waals surface area contributed by atoms with Gasteiger partial charge < -0.3 is 14.8 Å². The molecule has 2 N–H and O–H groups in total. The quantitative estimate of drug-likeness (QED) is 0.852. The molecule has 4 nitrogen and oxygen atoms in total. The van der Waals surface area contributed by atoms with Crippen LogP contribution in [0, 0.1) is 0 Å². The Morgan fingerprint density at radius 2 is 1.90 bits per heavy atom. The lowest BCUT2D eigenvalue weighted by atomic mass is 10.0. The van der Waals surface area contributed by atoms with Crippen LogP contribution in [0.15, 0.2) is 18.3 Å². The summed E-state index contributed by atoms with van der Waals surface area (Å²) in [5.74, 6) is -0.883. The second-order valence-corrected chi connectivity index (χ2v) is 4.97. The van der Waals surface area contributed by atoms with Crippen LogP contribution in [-0.4, -0.2) is 27.4 Å². The summed E-state index contributed by atoms with van der Waals surface area (Å²) in [6, 6.07) is 3.53. The minimum atomic E-state index is -0.883. The van der Waals surface area contributed by atoms with Crippen molar-refractivity contribution < 1.29 is 15.0 Å². The monoisotopic (exact) mass is 275 g/mol. The Morgan fingerprint density at radius 3 is 2.45 bits per heavy atom. The van der Waals surface area contributed by atoms with Gasteiger partial charge in [0.1, 0.15) is 0 Å². The van der Waals surface area contributed by atoms with Gasteiger partial charge in [0.25, 0.3) is 0 Å². The molecule has 0 fully saturated rings. The van der Waals surface area contributed by atoms with Gasteiger partial charge in [-0.2, -0.15) is 0 Å². The van der Waals surface area contributed by atoms with Gasteiger partial charge in [0.15, 0.2) is 0 Å². The maximum absolute atomic E-state index is 11.3. The Labute approximate surface area is 118 Å². The average Bonchev–Trinajstić information content (AvgIpc) is 2.82. The normalized spacial score (nSPS) is 11.2. The highest BCUT2D eigenvalue weighted by atomic mass is 16.4. The maximum Gasteiger partial charge on any atom is 0.335 e. The van der Waals surface area contributed by atoms with Gasteiger partial charge in [0.05, 0.1) is 11.1 Å². The van der Waals surface area contributed by atoms with Gasteiger partial charge >= 0.3 is 5.97 Å². The molecule has 0 saturated heterocycles. The second-order valence-electron chi connectivity index (χ2n) is 4.97. The Kier molecular flexibility index (Phi) is 4.45. The number of carbonyl (C=O) groups is 1. The molecule has 20 heavy (non-hydrogen) atoms. The van der Waals surface area contributed by atoms with Crippen molar-refractivity contribution in [3.8, 4) is 0 Å². The molecule has 108 valence electrons. The van der Waals surface area contributed by atoms with E-state index in [1.165, 1.54) is 0 Å². The van der Waals surface area contributed by atoms with Crippen molar-refractivity contribution in [2.24, 2.45) is 0 Å². The number of fused-ring (bicyclic) bond motifs is 1. The fraction of sp³-hybridized carbons (Fsp3) is 0.438. The lowest BCUT2D eigenvalue weighted by Crippen LogP contribution is -2.02. The number of aromatic nitrogens is 1. The molecule has 1 aromatic heterocycles. The molecule has 2 rings (SSSR count). The molecular formula is C16H21NO3. The predicted octanol–water partition coefficient (Wildman–Crippen LogP) is 2.85. The first kappa shape index (κ1) is 14.6. The van der Waals surface area contributed by atoms with Gasteiger partial charge in [-0.15, -0.1) is 0 Å². The minimum Gasteiger partial charge on any atom is -0.478 e. The zero-order chi connectivity index (χ0) is 14.7. The van der Waals surface area contributed by atoms with Crippen molar-refractivity contribution in [1.29, 1.82) is 0 Å². The van der Waals surface area contributed by atoms with Crippen LogP contribution in [-0.2, 0) is 19.4 Å². The Morgan fingerprint density at radius 1 is 1.20 bits per heavy atom. The first-order chi connectivity index (χ1) is 9.62. The molecule has 0 saturated carbocycles. The van der Waals surface area contributed by atoms with Crippen molar-refractivity contribution >= 4 is 16.9 Å². The van der Waals surface area contributed by atoms with Crippen LogP contribution in [0.5, 0.6) is 0 Å². The standard InChI is InChI=1S/C16H21NO3/c1-3-11-8-13(16(19)20)9-14-12(4-2)10-17(15(11)14)6-5-7-18/h8-10,18H,3-7H2,1-2H3,(H,19,20). The summed E-state index contributed by atoms with van der Waals surface area (Å²) in [4.78, 5) is 11.3. The summed E-state index contributed by atoms with van der Waals surface area (Å²) in [6.45, 7) is 5.03. The third-order valence-corrected chi connectivity index (χ3v) is 3.70. The number of aryl methyl sites for hydroxylation is 3. The van der Waals surface area contributed by atoms with Crippen LogP contribution in [0.2, 0.25) is 0 Å². The van der Waals surface area contributed by atoms with E-state index in [0.717, 1.165) is 41.4 Å². The SMILES string of the molecule is CCc1cn(CCCO)c2c(CC)cc(C(=O)O)cc12. The summed E-state index contributed by atoms with van der Waals surface area (Å²) in [5, 5.41) is 19.3. The average molecular weight is 275 g/mol. The van der Waals surface area contributed by atoms with Crippen LogP contribution >= 0.6 is 0 Å². The largest absolute Gasteiger partial charge is 0.478 e. The molecule has 0 aliphatic heterocycles. The van der Waals surface area contributed by atoms with E-state index in [0.29, 0.717) is 12.0 Å². The summed E-state index contributed by atoms with van der Waals surface area (Å²) < 4.78 is 2.15. The number of aliphatic hydroxyl groups excluding tert-OH is 1. The minimum absolute atomic E-state index is 0.162. The fourth-order valence-electron chi connectivity index (χ4n) is 2.69.